The number of nitrogens with zero attached hydrogens (tertiary/aromatic N) is 2. The molecule has 4 aromatic rings. The maximum atomic E-state index is 13.7. The van der Waals surface area contributed by atoms with Gasteiger partial charge >= 0.3 is 0 Å². The lowest BCUT2D eigenvalue weighted by atomic mass is 9.83. The van der Waals surface area contributed by atoms with E-state index in [9.17, 15) is 9.90 Å². The van der Waals surface area contributed by atoms with Crippen LogP contribution in [0.25, 0.3) is 11.0 Å². The van der Waals surface area contributed by atoms with Gasteiger partial charge in [0.2, 0.25) is 5.91 Å². The largest absolute Gasteiger partial charge is 0.394 e. The summed E-state index contributed by atoms with van der Waals surface area (Å²) in [4.78, 5) is 18.6. The van der Waals surface area contributed by atoms with Crippen LogP contribution in [0, 0.1) is 12.8 Å². The number of imidazole rings is 1. The molecule has 198 valence electrons. The van der Waals surface area contributed by atoms with Gasteiger partial charge in [-0.1, -0.05) is 86.5 Å². The van der Waals surface area contributed by atoms with Gasteiger partial charge in [-0.3, -0.25) is 4.79 Å². The van der Waals surface area contributed by atoms with Gasteiger partial charge in [0.15, 0.2) is 0 Å². The zero-order valence-electron chi connectivity index (χ0n) is 22.6. The fourth-order valence-corrected chi connectivity index (χ4v) is 6.05. The molecule has 5 rings (SSSR count). The molecular formula is C33H39N3O2. The minimum Gasteiger partial charge on any atom is -0.394 e. The van der Waals surface area contributed by atoms with Crippen molar-refractivity contribution in [1.29, 1.82) is 0 Å². The standard InChI is InChI=1S/C33H39N3O2/c1-3-10-30-35-32-23(2)11-9-16-29(32)36(30)21-24-17-19-27(20-18-24)31(26-14-7-8-15-26)33(38)34-28(22-37)25-12-5-4-6-13-25/h4-6,9,11-13,16-20,26,28,31,37H,3,7-8,10,14-15,21-22H2,1-2H3,(H,34,38)/t28-,31?/m0/s1. The number of rotatable bonds is 10. The Kier molecular flexibility index (Phi) is 8.23. The predicted molar refractivity (Wildman–Crippen MR) is 153 cm³/mol. The minimum absolute atomic E-state index is 0.00821. The van der Waals surface area contributed by atoms with Crippen LogP contribution in [0.15, 0.2) is 72.8 Å². The van der Waals surface area contributed by atoms with E-state index >= 15 is 0 Å². The van der Waals surface area contributed by atoms with Crippen LogP contribution in [0.4, 0.5) is 0 Å². The number of amides is 1. The number of benzene rings is 3. The van der Waals surface area contributed by atoms with E-state index in [2.05, 4.69) is 66.2 Å². The average molecular weight is 510 g/mol. The number of nitrogens with one attached hydrogen (secondary N) is 1. The third kappa shape index (κ3) is 5.53. The van der Waals surface area contributed by atoms with Crippen molar-refractivity contribution >= 4 is 16.9 Å². The number of aliphatic hydroxyl groups is 1. The molecule has 0 radical (unpaired) electrons. The number of aryl methyl sites for hydroxylation is 2. The van der Waals surface area contributed by atoms with E-state index in [1.165, 1.54) is 29.5 Å². The van der Waals surface area contributed by atoms with E-state index in [-0.39, 0.29) is 18.4 Å². The Hall–Kier alpha value is -3.44. The van der Waals surface area contributed by atoms with Gasteiger partial charge in [0, 0.05) is 13.0 Å². The lowest BCUT2D eigenvalue weighted by Gasteiger charge is -2.26. The second-order valence-corrected chi connectivity index (χ2v) is 10.7. The Morgan fingerprint density at radius 3 is 2.42 bits per heavy atom. The predicted octanol–water partition coefficient (Wildman–Crippen LogP) is 6.47. The van der Waals surface area contributed by atoms with Gasteiger partial charge in [0.25, 0.3) is 0 Å². The highest BCUT2D eigenvalue weighted by molar-refractivity contribution is 5.84. The van der Waals surface area contributed by atoms with E-state index in [1.54, 1.807) is 0 Å². The molecule has 1 amide bonds. The van der Waals surface area contributed by atoms with Crippen molar-refractivity contribution in [3.05, 3.63) is 101 Å². The van der Waals surface area contributed by atoms with Gasteiger partial charge in [0.1, 0.15) is 5.82 Å². The summed E-state index contributed by atoms with van der Waals surface area (Å²) in [5, 5.41) is 13.2. The van der Waals surface area contributed by atoms with Gasteiger partial charge in [0.05, 0.1) is 29.6 Å². The Labute approximate surface area is 225 Å². The molecule has 1 fully saturated rings. The van der Waals surface area contributed by atoms with E-state index in [4.69, 9.17) is 4.98 Å². The van der Waals surface area contributed by atoms with Crippen LogP contribution in [0.3, 0.4) is 0 Å². The molecule has 2 atom stereocenters. The molecule has 1 heterocycles. The molecule has 3 aromatic carbocycles. The molecule has 0 saturated heterocycles. The maximum absolute atomic E-state index is 13.7. The first-order valence-electron chi connectivity index (χ1n) is 14.1. The average Bonchev–Trinajstić information content (AvgIpc) is 3.59. The first kappa shape index (κ1) is 26.2. The first-order valence-corrected chi connectivity index (χ1v) is 14.1. The van der Waals surface area contributed by atoms with Crippen LogP contribution < -0.4 is 5.32 Å². The zero-order chi connectivity index (χ0) is 26.5. The quantitative estimate of drug-likeness (QED) is 0.257. The number of hydrogen-bond donors (Lipinski definition) is 2. The smallest absolute Gasteiger partial charge is 0.228 e. The summed E-state index contributed by atoms with van der Waals surface area (Å²) >= 11 is 0. The maximum Gasteiger partial charge on any atom is 0.228 e. The number of para-hydroxylation sites is 1. The minimum atomic E-state index is -0.401. The number of aromatic nitrogens is 2. The molecule has 0 bridgehead atoms. The van der Waals surface area contributed by atoms with Crippen molar-refractivity contribution in [2.75, 3.05) is 6.61 Å². The van der Waals surface area contributed by atoms with Crippen LogP contribution in [0.2, 0.25) is 0 Å². The molecule has 1 aliphatic carbocycles. The van der Waals surface area contributed by atoms with Crippen LogP contribution in [0.1, 0.15) is 79.1 Å². The van der Waals surface area contributed by atoms with Crippen molar-refractivity contribution in [2.45, 2.75) is 70.9 Å². The van der Waals surface area contributed by atoms with Crippen LogP contribution >= 0.6 is 0 Å². The normalized spacial score (nSPS) is 15.6. The van der Waals surface area contributed by atoms with Gasteiger partial charge < -0.3 is 15.0 Å². The molecule has 2 N–H and O–H groups in total. The summed E-state index contributed by atoms with van der Waals surface area (Å²) in [6.45, 7) is 4.96. The van der Waals surface area contributed by atoms with Gasteiger partial charge in [-0.2, -0.15) is 0 Å². The molecule has 38 heavy (non-hydrogen) atoms. The monoisotopic (exact) mass is 509 g/mol. The van der Waals surface area contributed by atoms with Gasteiger partial charge in [-0.05, 0) is 60.4 Å². The van der Waals surface area contributed by atoms with E-state index in [1.807, 2.05) is 30.3 Å². The fourth-order valence-electron chi connectivity index (χ4n) is 6.05. The van der Waals surface area contributed by atoms with Crippen LogP contribution in [-0.4, -0.2) is 27.2 Å². The summed E-state index contributed by atoms with van der Waals surface area (Å²) in [6.07, 6.45) is 6.47. The number of carbonyl (C=O) groups is 1. The van der Waals surface area contributed by atoms with E-state index < -0.39 is 6.04 Å². The number of fused-ring (bicyclic) bond motifs is 1. The molecule has 1 saturated carbocycles. The van der Waals surface area contributed by atoms with Crippen molar-refractivity contribution in [3.8, 4) is 0 Å². The van der Waals surface area contributed by atoms with E-state index in [0.717, 1.165) is 54.7 Å². The Morgan fingerprint density at radius 1 is 1.00 bits per heavy atom. The topological polar surface area (TPSA) is 67.2 Å². The highest BCUT2D eigenvalue weighted by atomic mass is 16.3. The second kappa shape index (κ2) is 12.0. The molecule has 5 nitrogen and oxygen atoms in total. The number of hydrogen-bond acceptors (Lipinski definition) is 3. The van der Waals surface area contributed by atoms with Crippen molar-refractivity contribution in [1.82, 2.24) is 14.9 Å². The third-order valence-corrected chi connectivity index (χ3v) is 8.07. The van der Waals surface area contributed by atoms with Crippen molar-refractivity contribution < 1.29 is 9.90 Å². The van der Waals surface area contributed by atoms with Gasteiger partial charge in [-0.25, -0.2) is 4.98 Å². The number of aliphatic hydroxyl groups excluding tert-OH is 1. The summed E-state index contributed by atoms with van der Waals surface area (Å²) in [5.74, 6) is 1.25. The lowest BCUT2D eigenvalue weighted by molar-refractivity contribution is -0.124. The summed E-state index contributed by atoms with van der Waals surface area (Å²) in [6, 6.07) is 24.3. The molecule has 5 heteroatoms. The third-order valence-electron chi connectivity index (χ3n) is 8.07. The summed E-state index contributed by atoms with van der Waals surface area (Å²) < 4.78 is 2.34. The Bertz CT molecular complexity index is 1350. The molecule has 0 spiro atoms. The molecular weight excluding hydrogens is 470 g/mol. The zero-order valence-corrected chi connectivity index (χ0v) is 22.6. The highest BCUT2D eigenvalue weighted by Crippen LogP contribution is 2.38. The van der Waals surface area contributed by atoms with Gasteiger partial charge in [-0.15, -0.1) is 0 Å². The fraction of sp³-hybridized carbons (Fsp3) is 0.394. The SMILES string of the molecule is CCCc1nc2c(C)cccc2n1Cc1ccc(C(C(=O)N[C@@H](CO)c2ccccc2)C2CCCC2)cc1. The Morgan fingerprint density at radius 2 is 1.74 bits per heavy atom. The van der Waals surface area contributed by atoms with E-state index in [0.29, 0.717) is 5.92 Å². The van der Waals surface area contributed by atoms with Crippen molar-refractivity contribution in [3.63, 3.8) is 0 Å². The lowest BCUT2D eigenvalue weighted by Crippen LogP contribution is -2.37. The molecule has 1 aromatic heterocycles. The summed E-state index contributed by atoms with van der Waals surface area (Å²) in [5.41, 5.74) is 6.66. The highest BCUT2D eigenvalue weighted by Gasteiger charge is 2.33. The Balaban J connectivity index is 1.40. The molecule has 1 aliphatic rings. The molecule has 1 unspecified atom stereocenters. The van der Waals surface area contributed by atoms with Crippen molar-refractivity contribution in [2.24, 2.45) is 5.92 Å². The van der Waals surface area contributed by atoms with Crippen LogP contribution in [0.5, 0.6) is 0 Å². The second-order valence-electron chi connectivity index (χ2n) is 10.7. The van der Waals surface area contributed by atoms with Crippen LogP contribution in [-0.2, 0) is 17.8 Å². The first-order chi connectivity index (χ1) is 18.6. The number of carbonyl (C=O) groups excluding carboxylic acids is 1. The molecule has 0 aliphatic heterocycles. The summed E-state index contributed by atoms with van der Waals surface area (Å²) in [7, 11) is 0.